The van der Waals surface area contributed by atoms with Crippen LogP contribution in [0.1, 0.15) is 5.56 Å². The molecular weight excluding hydrogens is 338 g/mol. The maximum atomic E-state index is 12.9. The van der Waals surface area contributed by atoms with Crippen molar-refractivity contribution >= 4 is 34.2 Å². The van der Waals surface area contributed by atoms with Crippen molar-refractivity contribution in [1.82, 2.24) is 0 Å². The number of alkyl halides is 3. The zero-order chi connectivity index (χ0) is 11.1. The third-order valence-electron chi connectivity index (χ3n) is 1.44. The number of benzene rings is 1. The molecule has 0 aliphatic carbocycles. The average molecular weight is 340 g/mol. The molecule has 1 rings (SSSR count). The second kappa shape index (κ2) is 3.73. The van der Waals surface area contributed by atoms with Crippen LogP contribution < -0.4 is 0 Å². The molecule has 0 aliphatic heterocycles. The highest BCUT2D eigenvalue weighted by atomic mass is 127. The van der Waals surface area contributed by atoms with Gasteiger partial charge in [0.15, 0.2) is 11.6 Å². The lowest BCUT2D eigenvalue weighted by Gasteiger charge is -2.11. The van der Waals surface area contributed by atoms with Crippen molar-refractivity contribution in [3.05, 3.63) is 26.0 Å². The van der Waals surface area contributed by atoms with Crippen LogP contribution in [-0.4, -0.2) is 5.11 Å². The average Bonchev–Trinajstić information content (AvgIpc) is 2.06. The zero-order valence-electron chi connectivity index (χ0n) is 6.29. The van der Waals surface area contributed by atoms with Gasteiger partial charge in [0.2, 0.25) is 0 Å². The van der Waals surface area contributed by atoms with Gasteiger partial charge in [-0.1, -0.05) is 11.6 Å². The largest absolute Gasteiger partial charge is 0.504 e. The summed E-state index contributed by atoms with van der Waals surface area (Å²) in [6.07, 6.45) is -4.71. The first-order chi connectivity index (χ1) is 6.25. The van der Waals surface area contributed by atoms with Gasteiger partial charge in [-0.15, -0.1) is 0 Å². The number of rotatable bonds is 0. The summed E-state index contributed by atoms with van der Waals surface area (Å²) in [5, 5.41) is 7.90. The number of aromatic hydroxyl groups is 1. The topological polar surface area (TPSA) is 20.2 Å². The molecule has 0 unspecified atom stereocenters. The summed E-state index contributed by atoms with van der Waals surface area (Å²) in [4.78, 5) is 0. The zero-order valence-corrected chi connectivity index (χ0v) is 9.21. The number of hydrogen-bond acceptors (Lipinski definition) is 1. The van der Waals surface area contributed by atoms with Crippen molar-refractivity contribution in [1.29, 1.82) is 0 Å². The summed E-state index contributed by atoms with van der Waals surface area (Å²) in [5.41, 5.74) is -1.25. The minimum atomic E-state index is -4.71. The van der Waals surface area contributed by atoms with Crippen molar-refractivity contribution in [2.75, 3.05) is 0 Å². The minimum absolute atomic E-state index is 0.336. The van der Waals surface area contributed by atoms with Gasteiger partial charge in [0, 0.05) is 0 Å². The van der Waals surface area contributed by atoms with E-state index in [4.69, 9.17) is 16.7 Å². The van der Waals surface area contributed by atoms with Crippen LogP contribution in [0.15, 0.2) is 6.07 Å². The Hall–Kier alpha value is -0.240. The fraction of sp³-hybridized carbons (Fsp3) is 0.143. The van der Waals surface area contributed by atoms with E-state index < -0.39 is 28.3 Å². The lowest BCUT2D eigenvalue weighted by Crippen LogP contribution is -2.07. The molecule has 14 heavy (non-hydrogen) atoms. The van der Waals surface area contributed by atoms with Gasteiger partial charge in [0.1, 0.15) is 0 Å². The van der Waals surface area contributed by atoms with Gasteiger partial charge in [-0.2, -0.15) is 13.2 Å². The second-order valence-corrected chi connectivity index (χ2v) is 3.92. The van der Waals surface area contributed by atoms with Crippen molar-refractivity contribution in [2.24, 2.45) is 0 Å². The summed E-state index contributed by atoms with van der Waals surface area (Å²) in [6, 6.07) is 0.540. The molecule has 0 radical (unpaired) electrons. The standard InChI is InChI=1S/C7H2ClF4IO/c8-4-2(7(10,11)12)1-3(13)5(9)6(4)14/h1,14H. The second-order valence-electron chi connectivity index (χ2n) is 2.38. The van der Waals surface area contributed by atoms with Crippen LogP contribution in [0.2, 0.25) is 5.02 Å². The van der Waals surface area contributed by atoms with Gasteiger partial charge < -0.3 is 5.11 Å². The monoisotopic (exact) mass is 340 g/mol. The summed E-state index contributed by atoms with van der Waals surface area (Å²) < 4.78 is 49.2. The van der Waals surface area contributed by atoms with Crippen LogP contribution in [0.5, 0.6) is 5.75 Å². The maximum absolute atomic E-state index is 12.9. The van der Waals surface area contributed by atoms with Crippen molar-refractivity contribution in [3.8, 4) is 5.75 Å². The first kappa shape index (κ1) is 11.8. The number of phenols is 1. The fourth-order valence-electron chi connectivity index (χ4n) is 0.797. The molecule has 1 N–H and O–H groups in total. The van der Waals surface area contributed by atoms with E-state index in [0.717, 1.165) is 0 Å². The van der Waals surface area contributed by atoms with E-state index in [2.05, 4.69) is 0 Å². The first-order valence-electron chi connectivity index (χ1n) is 3.18. The van der Waals surface area contributed by atoms with Crippen LogP contribution in [0.25, 0.3) is 0 Å². The molecule has 1 nitrogen and oxygen atoms in total. The molecule has 7 heteroatoms. The fourth-order valence-corrected chi connectivity index (χ4v) is 1.61. The van der Waals surface area contributed by atoms with Gasteiger partial charge in [-0.25, -0.2) is 4.39 Å². The molecule has 0 amide bonds. The number of halogens is 6. The summed E-state index contributed by atoms with van der Waals surface area (Å²) in [6.45, 7) is 0. The van der Waals surface area contributed by atoms with E-state index in [-0.39, 0.29) is 3.57 Å². The smallest absolute Gasteiger partial charge is 0.418 e. The van der Waals surface area contributed by atoms with Crippen LogP contribution in [0.4, 0.5) is 17.6 Å². The summed E-state index contributed by atoms with van der Waals surface area (Å²) in [7, 11) is 0. The third kappa shape index (κ3) is 2.05. The molecule has 0 atom stereocenters. The normalized spacial score (nSPS) is 11.9. The molecule has 0 spiro atoms. The summed E-state index contributed by atoms with van der Waals surface area (Å²) in [5.74, 6) is -2.32. The Morgan fingerprint density at radius 3 is 2.29 bits per heavy atom. The van der Waals surface area contributed by atoms with Gasteiger partial charge in [0.05, 0.1) is 14.2 Å². The van der Waals surface area contributed by atoms with E-state index in [9.17, 15) is 17.6 Å². The van der Waals surface area contributed by atoms with Crippen LogP contribution in [0, 0.1) is 9.39 Å². The van der Waals surface area contributed by atoms with Gasteiger partial charge in [-0.05, 0) is 28.7 Å². The molecule has 0 aliphatic rings. The van der Waals surface area contributed by atoms with Crippen molar-refractivity contribution in [2.45, 2.75) is 6.18 Å². The molecule has 1 aromatic rings. The van der Waals surface area contributed by atoms with E-state index >= 15 is 0 Å². The Morgan fingerprint density at radius 1 is 1.36 bits per heavy atom. The van der Waals surface area contributed by atoms with Crippen LogP contribution in [0.3, 0.4) is 0 Å². The Morgan fingerprint density at radius 2 is 1.86 bits per heavy atom. The minimum Gasteiger partial charge on any atom is -0.504 e. The Kier molecular flexibility index (Phi) is 3.15. The number of hydrogen-bond donors (Lipinski definition) is 1. The van der Waals surface area contributed by atoms with E-state index in [1.807, 2.05) is 0 Å². The highest BCUT2D eigenvalue weighted by Gasteiger charge is 2.35. The molecule has 78 valence electrons. The van der Waals surface area contributed by atoms with Crippen molar-refractivity contribution in [3.63, 3.8) is 0 Å². The Labute approximate surface area is 94.8 Å². The lowest BCUT2D eigenvalue weighted by atomic mass is 10.2. The van der Waals surface area contributed by atoms with Crippen LogP contribution in [-0.2, 0) is 6.18 Å². The molecule has 0 saturated heterocycles. The van der Waals surface area contributed by atoms with Gasteiger partial charge in [-0.3, -0.25) is 0 Å². The molecule has 1 aromatic carbocycles. The first-order valence-corrected chi connectivity index (χ1v) is 4.64. The molecule has 0 heterocycles. The highest BCUT2D eigenvalue weighted by molar-refractivity contribution is 14.1. The Bertz CT molecular complexity index is 377. The van der Waals surface area contributed by atoms with Crippen LogP contribution >= 0.6 is 34.2 Å². The molecule has 0 bridgehead atoms. The van der Waals surface area contributed by atoms with Gasteiger partial charge in [0.25, 0.3) is 0 Å². The van der Waals surface area contributed by atoms with Crippen molar-refractivity contribution < 1.29 is 22.7 Å². The predicted molar refractivity (Wildman–Crippen MR) is 50.8 cm³/mol. The van der Waals surface area contributed by atoms with Gasteiger partial charge >= 0.3 is 6.18 Å². The van der Waals surface area contributed by atoms with E-state index in [0.29, 0.717) is 6.07 Å². The molecular formula is C7H2ClF4IO. The lowest BCUT2D eigenvalue weighted by molar-refractivity contribution is -0.137. The Balaban J connectivity index is 3.49. The summed E-state index contributed by atoms with van der Waals surface area (Å²) >= 11 is 6.48. The third-order valence-corrected chi connectivity index (χ3v) is 2.61. The predicted octanol–water partition coefficient (Wildman–Crippen LogP) is 3.81. The number of phenolic OH excluding ortho intramolecular Hbond substituents is 1. The molecule has 0 fully saturated rings. The SMILES string of the molecule is Oc1c(F)c(I)cc(C(F)(F)F)c1Cl. The quantitative estimate of drug-likeness (QED) is 0.433. The molecule has 0 saturated carbocycles. The molecule has 0 aromatic heterocycles. The maximum Gasteiger partial charge on any atom is 0.418 e. The highest BCUT2D eigenvalue weighted by Crippen LogP contribution is 2.41. The van der Waals surface area contributed by atoms with E-state index in [1.54, 1.807) is 0 Å². The van der Waals surface area contributed by atoms with E-state index in [1.165, 1.54) is 22.6 Å².